The molecule has 2 aromatic heterocycles. The third-order valence-corrected chi connectivity index (χ3v) is 5.38. The molecule has 0 bridgehead atoms. The number of hydrogen-bond acceptors (Lipinski definition) is 6. The number of aromatic nitrogens is 2. The zero-order valence-corrected chi connectivity index (χ0v) is 16.0. The maximum Gasteiger partial charge on any atom is 0.261 e. The number of benzene rings is 2. The van der Waals surface area contributed by atoms with Crippen LogP contribution in [0.5, 0.6) is 11.6 Å². The molecule has 0 saturated carbocycles. The van der Waals surface area contributed by atoms with E-state index in [1.165, 1.54) is 17.4 Å². The van der Waals surface area contributed by atoms with E-state index in [0.29, 0.717) is 21.8 Å². The monoisotopic (exact) mass is 411 g/mol. The summed E-state index contributed by atoms with van der Waals surface area (Å²) < 4.78 is 0. The Hall–Kier alpha value is -3.16. The molecule has 0 unspecified atom stereocenters. The quantitative estimate of drug-likeness (QED) is 0.456. The summed E-state index contributed by atoms with van der Waals surface area (Å²) in [6.45, 7) is 0. The number of halogens is 1. The smallest absolute Gasteiger partial charge is 0.261 e. The van der Waals surface area contributed by atoms with Gasteiger partial charge in [-0.25, -0.2) is 0 Å². The Balaban J connectivity index is 1.55. The van der Waals surface area contributed by atoms with Crippen LogP contribution in [-0.2, 0) is 6.42 Å². The molecule has 4 aromatic rings. The predicted molar refractivity (Wildman–Crippen MR) is 109 cm³/mol. The minimum Gasteiger partial charge on any atom is -0.505 e. The molecule has 0 aliphatic carbocycles. The number of nitrogens with one attached hydrogen (secondary N) is 1. The lowest BCUT2D eigenvalue weighted by Gasteiger charge is -2.06. The number of nitrogens with zero attached hydrogens (tertiary/aromatic N) is 2. The molecule has 2 heterocycles. The lowest BCUT2D eigenvalue weighted by molar-refractivity contribution is 0.102. The van der Waals surface area contributed by atoms with Crippen molar-refractivity contribution < 1.29 is 15.0 Å². The fraction of sp³-hybridized carbons (Fsp3) is 0.0500. The zero-order valence-electron chi connectivity index (χ0n) is 14.4. The Morgan fingerprint density at radius 2 is 1.89 bits per heavy atom. The van der Waals surface area contributed by atoms with Crippen LogP contribution < -0.4 is 5.32 Å². The van der Waals surface area contributed by atoms with Crippen LogP contribution in [0.25, 0.3) is 10.9 Å². The number of phenolic OH excluding ortho intramolecular Hbond substituents is 1. The fourth-order valence-electron chi connectivity index (χ4n) is 2.78. The molecule has 0 atom stereocenters. The minimum atomic E-state index is -0.531. The van der Waals surface area contributed by atoms with Crippen molar-refractivity contribution in [3.63, 3.8) is 0 Å². The van der Waals surface area contributed by atoms with Crippen molar-refractivity contribution in [2.24, 2.45) is 0 Å². The lowest BCUT2D eigenvalue weighted by atomic mass is 10.1. The average molecular weight is 412 g/mol. The number of aromatic hydroxyl groups is 2. The SMILES string of the molecule is O=C(Nc1nc(O)c(Cc2ccc(Cl)cc2)s1)c1ccc2cccnc2c1O. The van der Waals surface area contributed by atoms with Crippen LogP contribution in [0.4, 0.5) is 5.13 Å². The van der Waals surface area contributed by atoms with Gasteiger partial charge in [-0.2, -0.15) is 4.98 Å². The van der Waals surface area contributed by atoms with Crippen molar-refractivity contribution in [2.75, 3.05) is 5.32 Å². The molecule has 0 radical (unpaired) electrons. The van der Waals surface area contributed by atoms with Gasteiger partial charge in [-0.15, -0.1) is 0 Å². The number of carbonyl (C=O) groups is 1. The largest absolute Gasteiger partial charge is 0.505 e. The van der Waals surface area contributed by atoms with Gasteiger partial charge in [0.25, 0.3) is 5.91 Å². The standard InChI is InChI=1S/C20H14ClN3O3S/c21-13-6-3-11(4-7-13)10-15-19(27)24-20(28-15)23-18(26)14-8-5-12-2-1-9-22-16(12)17(14)25/h1-9,25,27H,10H2,(H,23,24,26). The molecule has 140 valence electrons. The van der Waals surface area contributed by atoms with E-state index in [1.807, 2.05) is 12.1 Å². The van der Waals surface area contributed by atoms with Crippen LogP contribution in [0.1, 0.15) is 20.8 Å². The predicted octanol–water partition coefficient (Wildman–Crippen LogP) is 4.60. The second kappa shape index (κ2) is 7.46. The number of phenols is 1. The highest BCUT2D eigenvalue weighted by Gasteiger charge is 2.18. The highest BCUT2D eigenvalue weighted by Crippen LogP contribution is 2.32. The second-order valence-corrected chi connectivity index (χ2v) is 7.58. The third kappa shape index (κ3) is 3.62. The van der Waals surface area contributed by atoms with Gasteiger partial charge >= 0.3 is 0 Å². The Bertz CT molecular complexity index is 1180. The van der Waals surface area contributed by atoms with Crippen LogP contribution in [0.3, 0.4) is 0 Å². The van der Waals surface area contributed by atoms with Crippen LogP contribution >= 0.6 is 22.9 Å². The van der Waals surface area contributed by atoms with Gasteiger partial charge in [-0.3, -0.25) is 15.1 Å². The molecule has 6 nitrogen and oxygen atoms in total. The van der Waals surface area contributed by atoms with Crippen molar-refractivity contribution in [3.8, 4) is 11.6 Å². The van der Waals surface area contributed by atoms with Gasteiger partial charge in [0.15, 0.2) is 10.9 Å². The van der Waals surface area contributed by atoms with E-state index in [2.05, 4.69) is 15.3 Å². The van der Waals surface area contributed by atoms with Gasteiger partial charge in [0.05, 0.1) is 10.4 Å². The molecule has 4 rings (SSSR count). The molecule has 0 saturated heterocycles. The third-order valence-electron chi connectivity index (χ3n) is 4.17. The molecule has 2 aromatic carbocycles. The Kier molecular flexibility index (Phi) is 4.85. The first-order valence-corrected chi connectivity index (χ1v) is 9.52. The molecule has 0 fully saturated rings. The van der Waals surface area contributed by atoms with E-state index in [1.54, 1.807) is 36.5 Å². The summed E-state index contributed by atoms with van der Waals surface area (Å²) >= 11 is 7.05. The van der Waals surface area contributed by atoms with Crippen molar-refractivity contribution in [3.05, 3.63) is 75.8 Å². The lowest BCUT2D eigenvalue weighted by Crippen LogP contribution is -2.12. The summed E-state index contributed by atoms with van der Waals surface area (Å²) in [5.41, 5.74) is 1.39. The average Bonchev–Trinajstić information content (AvgIpc) is 3.02. The first kappa shape index (κ1) is 18.2. The summed E-state index contributed by atoms with van der Waals surface area (Å²) in [7, 11) is 0. The molecule has 0 spiro atoms. The van der Waals surface area contributed by atoms with E-state index in [4.69, 9.17) is 11.6 Å². The number of fused-ring (bicyclic) bond motifs is 1. The molecule has 28 heavy (non-hydrogen) atoms. The van der Waals surface area contributed by atoms with Crippen molar-refractivity contribution >= 4 is 44.9 Å². The Morgan fingerprint density at radius 1 is 1.11 bits per heavy atom. The van der Waals surface area contributed by atoms with Crippen molar-refractivity contribution in [1.29, 1.82) is 0 Å². The molecule has 1 amide bonds. The highest BCUT2D eigenvalue weighted by molar-refractivity contribution is 7.16. The first-order chi connectivity index (χ1) is 13.5. The van der Waals surface area contributed by atoms with Crippen molar-refractivity contribution in [2.45, 2.75) is 6.42 Å². The van der Waals surface area contributed by atoms with E-state index < -0.39 is 5.91 Å². The number of pyridine rings is 1. The summed E-state index contributed by atoms with van der Waals surface area (Å²) in [4.78, 5) is 21.3. The Morgan fingerprint density at radius 3 is 2.68 bits per heavy atom. The number of thiazole rings is 1. The summed E-state index contributed by atoms with van der Waals surface area (Å²) in [5.74, 6) is -0.866. The molecular formula is C20H14ClN3O3S. The zero-order chi connectivity index (χ0) is 19.7. The van der Waals surface area contributed by atoms with Crippen molar-refractivity contribution in [1.82, 2.24) is 9.97 Å². The molecular weight excluding hydrogens is 398 g/mol. The maximum absolute atomic E-state index is 12.6. The van der Waals surface area contributed by atoms with Gasteiger partial charge in [-0.1, -0.05) is 47.2 Å². The highest BCUT2D eigenvalue weighted by atomic mass is 35.5. The van der Waals surface area contributed by atoms with Gasteiger partial charge < -0.3 is 10.2 Å². The van der Waals surface area contributed by atoms with Gasteiger partial charge in [0.1, 0.15) is 5.52 Å². The molecule has 0 aliphatic heterocycles. The van der Waals surface area contributed by atoms with Gasteiger partial charge in [0, 0.05) is 23.0 Å². The maximum atomic E-state index is 12.6. The van der Waals surface area contributed by atoms with Crippen LogP contribution in [0, 0.1) is 0 Å². The first-order valence-electron chi connectivity index (χ1n) is 8.32. The minimum absolute atomic E-state index is 0.0835. The second-order valence-electron chi connectivity index (χ2n) is 6.06. The topological polar surface area (TPSA) is 95.3 Å². The van der Waals surface area contributed by atoms with Crippen LogP contribution in [-0.4, -0.2) is 26.1 Å². The summed E-state index contributed by atoms with van der Waals surface area (Å²) in [5, 5.41) is 24.7. The summed E-state index contributed by atoms with van der Waals surface area (Å²) in [6.07, 6.45) is 2.01. The number of carbonyl (C=O) groups excluding carboxylic acids is 1. The van der Waals surface area contributed by atoms with E-state index in [-0.39, 0.29) is 22.3 Å². The Labute approximate surface area is 169 Å². The summed E-state index contributed by atoms with van der Waals surface area (Å²) in [6, 6.07) is 14.1. The molecule has 8 heteroatoms. The van der Waals surface area contributed by atoms with Gasteiger partial charge in [-0.05, 0) is 29.8 Å². The number of amides is 1. The number of rotatable bonds is 4. The number of anilines is 1. The normalized spacial score (nSPS) is 10.9. The van der Waals surface area contributed by atoms with Gasteiger partial charge in [0.2, 0.25) is 5.88 Å². The van der Waals surface area contributed by atoms with E-state index in [0.717, 1.165) is 10.9 Å². The molecule has 0 aliphatic rings. The van der Waals surface area contributed by atoms with Crippen LogP contribution in [0.2, 0.25) is 5.02 Å². The van der Waals surface area contributed by atoms with E-state index >= 15 is 0 Å². The number of hydrogen-bond donors (Lipinski definition) is 3. The van der Waals surface area contributed by atoms with E-state index in [9.17, 15) is 15.0 Å². The van der Waals surface area contributed by atoms with Crippen LogP contribution in [0.15, 0.2) is 54.7 Å². The molecule has 3 N–H and O–H groups in total. The fourth-order valence-corrected chi connectivity index (χ4v) is 3.79.